The van der Waals surface area contributed by atoms with E-state index in [1.165, 1.54) is 0 Å². The first-order chi connectivity index (χ1) is 9.15. The van der Waals surface area contributed by atoms with Crippen LogP contribution >= 0.6 is 0 Å². The molecule has 0 saturated heterocycles. The van der Waals surface area contributed by atoms with E-state index in [4.69, 9.17) is 0 Å². The van der Waals surface area contributed by atoms with Gasteiger partial charge in [-0.2, -0.15) is 0 Å². The van der Waals surface area contributed by atoms with Gasteiger partial charge in [-0.15, -0.1) is 0 Å². The Morgan fingerprint density at radius 2 is 1.53 bits per heavy atom. The maximum Gasteiger partial charge on any atom is 0.124 e. The highest BCUT2D eigenvalue weighted by atomic mass is 16.3. The lowest BCUT2D eigenvalue weighted by atomic mass is 10.0. The minimum absolute atomic E-state index is 0.103. The average molecular weight is 257 g/mol. The zero-order valence-corrected chi connectivity index (χ0v) is 11.2. The van der Waals surface area contributed by atoms with Gasteiger partial charge >= 0.3 is 0 Å². The average Bonchev–Trinajstić information content (AvgIpc) is 2.40. The van der Waals surface area contributed by atoms with Gasteiger partial charge in [-0.3, -0.25) is 0 Å². The van der Waals surface area contributed by atoms with Crippen LogP contribution in [0.4, 0.5) is 5.69 Å². The molecule has 0 radical (unpaired) electrons. The first kappa shape index (κ1) is 13.3. The molecule has 0 spiro atoms. The van der Waals surface area contributed by atoms with Gasteiger partial charge < -0.3 is 15.1 Å². The van der Waals surface area contributed by atoms with Crippen LogP contribution in [0.15, 0.2) is 48.5 Å². The molecule has 2 aromatic carbocycles. The van der Waals surface area contributed by atoms with Gasteiger partial charge in [0.2, 0.25) is 0 Å². The first-order valence-electron chi connectivity index (χ1n) is 6.47. The minimum Gasteiger partial charge on any atom is -0.507 e. The van der Waals surface area contributed by atoms with Gasteiger partial charge in [0.05, 0.1) is 11.6 Å². The number of nitrogens with zero attached hydrogens (tertiary/aromatic N) is 1. The van der Waals surface area contributed by atoms with Crippen molar-refractivity contribution in [1.29, 1.82) is 0 Å². The van der Waals surface area contributed by atoms with Crippen molar-refractivity contribution < 1.29 is 10.2 Å². The van der Waals surface area contributed by atoms with E-state index in [2.05, 4.69) is 11.8 Å². The molecule has 0 aliphatic rings. The van der Waals surface area contributed by atoms with Crippen molar-refractivity contribution in [3.8, 4) is 11.5 Å². The van der Waals surface area contributed by atoms with Crippen LogP contribution in [0, 0.1) is 0 Å². The molecule has 3 nitrogen and oxygen atoms in total. The third-order valence-corrected chi connectivity index (χ3v) is 3.37. The number of phenolic OH excluding ortho intramolecular Hbond substituents is 2. The number of anilines is 1. The normalized spacial score (nSPS) is 12.1. The van der Waals surface area contributed by atoms with E-state index in [-0.39, 0.29) is 17.5 Å². The van der Waals surface area contributed by atoms with Crippen LogP contribution in [0.1, 0.15) is 25.5 Å². The van der Waals surface area contributed by atoms with Gasteiger partial charge in [0, 0.05) is 12.2 Å². The lowest BCUT2D eigenvalue weighted by molar-refractivity contribution is 0.428. The smallest absolute Gasteiger partial charge is 0.124 e. The molecule has 0 aromatic heterocycles. The Labute approximate surface area is 113 Å². The molecule has 100 valence electrons. The summed E-state index contributed by atoms with van der Waals surface area (Å²) >= 11 is 0. The molecule has 0 heterocycles. The molecule has 3 heteroatoms. The summed E-state index contributed by atoms with van der Waals surface area (Å²) in [6.07, 6.45) is 0. The lowest BCUT2D eigenvalue weighted by Gasteiger charge is -2.31. The second kappa shape index (κ2) is 5.65. The predicted octanol–water partition coefficient (Wildman–Crippen LogP) is 3.69. The zero-order chi connectivity index (χ0) is 13.8. The molecule has 0 aliphatic carbocycles. The van der Waals surface area contributed by atoms with E-state index in [1.54, 1.807) is 18.2 Å². The fraction of sp³-hybridized carbons (Fsp3) is 0.250. The fourth-order valence-corrected chi connectivity index (χ4v) is 2.42. The van der Waals surface area contributed by atoms with Crippen LogP contribution in [-0.2, 0) is 0 Å². The Morgan fingerprint density at radius 3 is 2.05 bits per heavy atom. The van der Waals surface area contributed by atoms with Crippen molar-refractivity contribution in [3.05, 3.63) is 54.1 Å². The van der Waals surface area contributed by atoms with Crippen LogP contribution in [-0.4, -0.2) is 16.8 Å². The maximum atomic E-state index is 9.97. The molecule has 1 unspecified atom stereocenters. The van der Waals surface area contributed by atoms with Gasteiger partial charge in [-0.25, -0.2) is 0 Å². The third-order valence-electron chi connectivity index (χ3n) is 3.37. The summed E-state index contributed by atoms with van der Waals surface area (Å²) in [7, 11) is 0. The summed E-state index contributed by atoms with van der Waals surface area (Å²) in [5, 5.41) is 19.9. The molecule has 0 bridgehead atoms. The third kappa shape index (κ3) is 2.65. The molecule has 19 heavy (non-hydrogen) atoms. The second-order valence-electron chi connectivity index (χ2n) is 4.51. The van der Waals surface area contributed by atoms with Crippen molar-refractivity contribution in [2.75, 3.05) is 11.4 Å². The molecule has 1 atom stereocenters. The highest BCUT2D eigenvalue weighted by Gasteiger charge is 2.20. The number of phenols is 2. The van der Waals surface area contributed by atoms with Crippen molar-refractivity contribution >= 4 is 5.69 Å². The van der Waals surface area contributed by atoms with Crippen molar-refractivity contribution in [2.24, 2.45) is 0 Å². The quantitative estimate of drug-likeness (QED) is 0.878. The summed E-state index contributed by atoms with van der Waals surface area (Å²) in [6, 6.07) is 14.7. The largest absolute Gasteiger partial charge is 0.507 e. The highest BCUT2D eigenvalue weighted by molar-refractivity contribution is 5.53. The number of benzene rings is 2. The van der Waals surface area contributed by atoms with E-state index < -0.39 is 0 Å². The maximum absolute atomic E-state index is 9.97. The monoisotopic (exact) mass is 257 g/mol. The second-order valence-corrected chi connectivity index (χ2v) is 4.51. The van der Waals surface area contributed by atoms with Crippen LogP contribution < -0.4 is 4.90 Å². The van der Waals surface area contributed by atoms with Crippen LogP contribution in [0.2, 0.25) is 0 Å². The van der Waals surface area contributed by atoms with Crippen molar-refractivity contribution in [3.63, 3.8) is 0 Å². The van der Waals surface area contributed by atoms with Crippen molar-refractivity contribution in [1.82, 2.24) is 0 Å². The molecule has 0 fully saturated rings. The zero-order valence-electron chi connectivity index (χ0n) is 11.2. The summed E-state index contributed by atoms with van der Waals surface area (Å²) in [4.78, 5) is 2.13. The molecule has 0 saturated carbocycles. The number of hydrogen-bond donors (Lipinski definition) is 2. The molecule has 0 aliphatic heterocycles. The van der Waals surface area contributed by atoms with Crippen LogP contribution in [0.3, 0.4) is 0 Å². The summed E-state index contributed by atoms with van der Waals surface area (Å²) < 4.78 is 0. The van der Waals surface area contributed by atoms with Crippen LogP contribution in [0.25, 0.3) is 0 Å². The SMILES string of the molecule is CCN(c1ccccc1)C(C)c1c(O)cccc1O. The summed E-state index contributed by atoms with van der Waals surface area (Å²) in [5.41, 5.74) is 1.63. The molecule has 0 amide bonds. The van der Waals surface area contributed by atoms with E-state index in [1.807, 2.05) is 37.3 Å². The Balaban J connectivity index is 2.39. The summed E-state index contributed by atoms with van der Waals surface area (Å²) in [5.74, 6) is 0.253. The highest BCUT2D eigenvalue weighted by Crippen LogP contribution is 2.37. The van der Waals surface area contributed by atoms with Gasteiger partial charge in [0.1, 0.15) is 11.5 Å². The number of hydrogen-bond acceptors (Lipinski definition) is 3. The first-order valence-corrected chi connectivity index (χ1v) is 6.47. The molecule has 2 rings (SSSR count). The number of aromatic hydroxyl groups is 2. The fourth-order valence-electron chi connectivity index (χ4n) is 2.42. The Morgan fingerprint density at radius 1 is 0.947 bits per heavy atom. The standard InChI is InChI=1S/C16H19NO2/c1-3-17(13-8-5-4-6-9-13)12(2)16-14(18)10-7-11-15(16)19/h4-12,18-19H,3H2,1-2H3. The number of rotatable bonds is 4. The van der Waals surface area contributed by atoms with E-state index in [0.29, 0.717) is 5.56 Å². The Bertz CT molecular complexity index is 519. The van der Waals surface area contributed by atoms with E-state index in [9.17, 15) is 10.2 Å². The van der Waals surface area contributed by atoms with Crippen molar-refractivity contribution in [2.45, 2.75) is 19.9 Å². The molecule has 2 aromatic rings. The molecular formula is C16H19NO2. The van der Waals surface area contributed by atoms with Gasteiger partial charge in [-0.05, 0) is 38.1 Å². The summed E-state index contributed by atoms with van der Waals surface area (Å²) in [6.45, 7) is 4.82. The lowest BCUT2D eigenvalue weighted by Crippen LogP contribution is -2.26. The topological polar surface area (TPSA) is 43.7 Å². The van der Waals surface area contributed by atoms with E-state index >= 15 is 0 Å². The van der Waals surface area contributed by atoms with Gasteiger partial charge in [0.25, 0.3) is 0 Å². The Kier molecular flexibility index (Phi) is 3.95. The van der Waals surface area contributed by atoms with Crippen LogP contribution in [0.5, 0.6) is 11.5 Å². The predicted molar refractivity (Wildman–Crippen MR) is 77.6 cm³/mol. The number of para-hydroxylation sites is 1. The van der Waals surface area contributed by atoms with Gasteiger partial charge in [0.15, 0.2) is 0 Å². The van der Waals surface area contributed by atoms with E-state index in [0.717, 1.165) is 12.2 Å². The molecular weight excluding hydrogens is 238 g/mol. The molecule has 2 N–H and O–H groups in total. The Hall–Kier alpha value is -2.16. The minimum atomic E-state index is -0.103. The van der Waals surface area contributed by atoms with Gasteiger partial charge in [-0.1, -0.05) is 24.3 Å².